The number of ether oxygens (including phenoxy) is 2. The second-order valence-electron chi connectivity index (χ2n) is 17.2. The van der Waals surface area contributed by atoms with Gasteiger partial charge in [-0.1, -0.05) is 71.7 Å². The van der Waals surface area contributed by atoms with Crippen molar-refractivity contribution >= 4 is 40.9 Å². The van der Waals surface area contributed by atoms with Crippen LogP contribution in [0.2, 0.25) is 10.0 Å². The number of rotatable bonds is 13. The van der Waals surface area contributed by atoms with Crippen LogP contribution in [0.25, 0.3) is 0 Å². The molecule has 0 bridgehead atoms. The Morgan fingerprint density at radius 2 is 1.43 bits per heavy atom. The van der Waals surface area contributed by atoms with Gasteiger partial charge in [0.15, 0.2) is 0 Å². The fourth-order valence-corrected chi connectivity index (χ4v) is 9.70. The molecule has 7 rings (SSSR count). The molecule has 65 heavy (non-hydrogen) atoms. The summed E-state index contributed by atoms with van der Waals surface area (Å²) in [5.41, 5.74) is -1.98. The number of nitrogens with zero attached hydrogens (tertiary/aromatic N) is 4. The zero-order valence-electron chi connectivity index (χ0n) is 36.0. The molecule has 2 heterocycles. The van der Waals surface area contributed by atoms with E-state index in [0.29, 0.717) is 88.1 Å². The van der Waals surface area contributed by atoms with E-state index in [1.54, 1.807) is 54.2 Å². The third-order valence-corrected chi connectivity index (χ3v) is 13.8. The third-order valence-electron chi connectivity index (χ3n) is 13.1. The van der Waals surface area contributed by atoms with Crippen LogP contribution in [0.15, 0.2) is 91.0 Å². The van der Waals surface area contributed by atoms with Gasteiger partial charge in [-0.3, -0.25) is 14.4 Å². The standard InChI is InChI=1S/C48H50Cl2F6N4O5/c1-57(18-8-19-58(2)43(62)32-9-4-3-5-10-32)42(61)30-64-41-27-33-11-6-7-12-38(33)45(41)15-20-59(21-16-45)22-17-46(35-13-14-39(49)40(50)29-35)31-60(23-24-65-46)44(63)34-25-36(47(51,52)53)28-37(26-34)48(54,55)56/h3-7,9-14,25-26,28-29,41H,8,15-24,27,30-31H2,1-2H3/t41-,46-/m0/s1. The van der Waals surface area contributed by atoms with Crippen molar-refractivity contribution in [2.75, 3.05) is 73.1 Å². The van der Waals surface area contributed by atoms with Crippen LogP contribution in [-0.4, -0.2) is 117 Å². The van der Waals surface area contributed by atoms with E-state index < -0.39 is 40.6 Å². The van der Waals surface area contributed by atoms with Gasteiger partial charge >= 0.3 is 12.4 Å². The minimum atomic E-state index is -5.12. The smallest absolute Gasteiger partial charge is 0.367 e. The predicted molar refractivity (Wildman–Crippen MR) is 234 cm³/mol. The zero-order valence-corrected chi connectivity index (χ0v) is 37.5. The molecule has 3 amide bonds. The van der Waals surface area contributed by atoms with Crippen molar-refractivity contribution in [2.24, 2.45) is 0 Å². The molecule has 0 unspecified atom stereocenters. The fraction of sp³-hybridized carbons (Fsp3) is 0.438. The molecule has 0 N–H and O–H groups in total. The van der Waals surface area contributed by atoms with E-state index in [4.69, 9.17) is 32.7 Å². The number of halogens is 8. The number of morpholine rings is 1. The minimum Gasteiger partial charge on any atom is -0.367 e. The molecule has 2 saturated heterocycles. The SMILES string of the molecule is CN(CCCN(C)C(=O)c1ccccc1)C(=O)CO[C@H]1Cc2ccccc2C12CCN(CC[C@@]1(c3ccc(Cl)c(Cl)c3)CN(C(=O)c3cc(C(F)(F)F)cc(C(F)(F)F)c3)CCO1)CC2. The molecule has 4 aromatic carbocycles. The van der Waals surface area contributed by atoms with E-state index in [0.717, 1.165) is 0 Å². The van der Waals surface area contributed by atoms with E-state index in [2.05, 4.69) is 17.0 Å². The lowest BCUT2D eigenvalue weighted by atomic mass is 9.72. The van der Waals surface area contributed by atoms with Crippen LogP contribution in [0.4, 0.5) is 26.3 Å². The lowest BCUT2D eigenvalue weighted by Crippen LogP contribution is -2.54. The summed E-state index contributed by atoms with van der Waals surface area (Å²) in [5, 5.41) is 0.475. The Balaban J connectivity index is 1.02. The molecule has 3 aliphatic rings. The molecule has 1 spiro atoms. The minimum absolute atomic E-state index is 0.00280. The number of piperidine rings is 1. The molecule has 0 saturated carbocycles. The number of benzene rings is 4. The molecule has 0 radical (unpaired) electrons. The van der Waals surface area contributed by atoms with Crippen LogP contribution in [0.5, 0.6) is 0 Å². The molecular weight excluding hydrogens is 897 g/mol. The number of amides is 3. The van der Waals surface area contributed by atoms with Gasteiger partial charge in [-0.05, 0) is 104 Å². The van der Waals surface area contributed by atoms with Gasteiger partial charge in [-0.2, -0.15) is 26.3 Å². The van der Waals surface area contributed by atoms with Gasteiger partial charge in [0.25, 0.3) is 11.8 Å². The maximum absolute atomic E-state index is 13.9. The first kappa shape index (κ1) is 48.3. The van der Waals surface area contributed by atoms with E-state index in [1.807, 2.05) is 30.3 Å². The highest BCUT2D eigenvalue weighted by atomic mass is 35.5. The second-order valence-corrected chi connectivity index (χ2v) is 18.0. The number of carbonyl (C=O) groups is 3. The molecule has 2 fully saturated rings. The van der Waals surface area contributed by atoms with E-state index in [9.17, 15) is 40.7 Å². The van der Waals surface area contributed by atoms with Crippen LogP contribution >= 0.6 is 23.2 Å². The molecule has 2 atom stereocenters. The van der Waals surface area contributed by atoms with Crippen LogP contribution in [0.1, 0.15) is 74.2 Å². The maximum Gasteiger partial charge on any atom is 0.416 e. The summed E-state index contributed by atoms with van der Waals surface area (Å²) >= 11 is 12.7. The topological polar surface area (TPSA) is 82.6 Å². The van der Waals surface area contributed by atoms with Gasteiger partial charge in [0, 0.05) is 56.8 Å². The largest absolute Gasteiger partial charge is 0.416 e. The Kier molecular flexibility index (Phi) is 14.6. The average molecular weight is 948 g/mol. The van der Waals surface area contributed by atoms with Gasteiger partial charge in [-0.15, -0.1) is 0 Å². The van der Waals surface area contributed by atoms with E-state index >= 15 is 0 Å². The van der Waals surface area contributed by atoms with Crippen LogP contribution in [0.3, 0.4) is 0 Å². The Morgan fingerprint density at radius 1 is 0.785 bits per heavy atom. The first-order valence-corrected chi connectivity index (χ1v) is 22.2. The summed E-state index contributed by atoms with van der Waals surface area (Å²) in [7, 11) is 3.47. The molecule has 4 aromatic rings. The van der Waals surface area contributed by atoms with E-state index in [-0.39, 0.29) is 65.7 Å². The second kappa shape index (κ2) is 19.7. The number of likely N-dealkylation sites (N-methyl/N-ethyl adjacent to an activating group) is 1. The van der Waals surface area contributed by atoms with Crippen molar-refractivity contribution in [1.29, 1.82) is 0 Å². The maximum atomic E-state index is 13.9. The van der Waals surface area contributed by atoms with Crippen molar-refractivity contribution < 1.29 is 50.2 Å². The molecular formula is C48H50Cl2F6N4O5. The normalized spacial score (nSPS) is 19.8. The van der Waals surface area contributed by atoms with Crippen LogP contribution < -0.4 is 0 Å². The summed E-state index contributed by atoms with van der Waals surface area (Å²) in [5.74, 6) is -1.24. The summed E-state index contributed by atoms with van der Waals surface area (Å²) in [6.07, 6.45) is -7.54. The Bertz CT molecular complexity index is 2330. The Hall–Kier alpha value is -4.67. The lowest BCUT2D eigenvalue weighted by molar-refractivity contribution is -0.143. The molecule has 2 aliphatic heterocycles. The summed E-state index contributed by atoms with van der Waals surface area (Å²) < 4.78 is 95.6. The highest BCUT2D eigenvalue weighted by Crippen LogP contribution is 2.48. The van der Waals surface area contributed by atoms with Gasteiger partial charge in [0.05, 0.1) is 40.4 Å². The molecule has 9 nitrogen and oxygen atoms in total. The summed E-state index contributed by atoms with van der Waals surface area (Å²) in [6, 6.07) is 23.0. The average Bonchev–Trinajstić information content (AvgIpc) is 3.59. The Labute approximate surface area is 384 Å². The van der Waals surface area contributed by atoms with Gasteiger partial charge < -0.3 is 29.1 Å². The Morgan fingerprint density at radius 3 is 2.09 bits per heavy atom. The zero-order chi connectivity index (χ0) is 46.7. The number of likely N-dealkylation sites (tertiary alicyclic amines) is 1. The van der Waals surface area contributed by atoms with Crippen molar-refractivity contribution in [2.45, 2.75) is 61.6 Å². The summed E-state index contributed by atoms with van der Waals surface area (Å²) in [4.78, 5) is 46.8. The third kappa shape index (κ3) is 10.8. The molecule has 1 aliphatic carbocycles. The highest BCUT2D eigenvalue weighted by molar-refractivity contribution is 6.42. The highest BCUT2D eigenvalue weighted by Gasteiger charge is 2.50. The lowest BCUT2D eigenvalue weighted by Gasteiger charge is -2.46. The van der Waals surface area contributed by atoms with Crippen molar-refractivity contribution in [3.8, 4) is 0 Å². The predicted octanol–water partition coefficient (Wildman–Crippen LogP) is 9.38. The molecule has 0 aromatic heterocycles. The van der Waals surface area contributed by atoms with E-state index in [1.165, 1.54) is 16.0 Å². The monoisotopic (exact) mass is 946 g/mol. The van der Waals surface area contributed by atoms with Crippen molar-refractivity contribution in [3.63, 3.8) is 0 Å². The number of fused-ring (bicyclic) bond motifs is 2. The summed E-state index contributed by atoms with van der Waals surface area (Å²) in [6.45, 7) is 2.28. The number of alkyl halides is 6. The van der Waals surface area contributed by atoms with Gasteiger partial charge in [0.1, 0.15) is 12.2 Å². The van der Waals surface area contributed by atoms with Crippen molar-refractivity contribution in [3.05, 3.63) is 140 Å². The first-order chi connectivity index (χ1) is 30.8. The number of hydrogen-bond acceptors (Lipinski definition) is 6. The quantitative estimate of drug-likeness (QED) is 0.124. The number of hydrogen-bond donors (Lipinski definition) is 0. The van der Waals surface area contributed by atoms with Crippen LogP contribution in [0, 0.1) is 0 Å². The van der Waals surface area contributed by atoms with Crippen LogP contribution in [-0.2, 0) is 44.1 Å². The number of carbonyl (C=O) groups excluding carboxylic acids is 3. The molecule has 17 heteroatoms. The van der Waals surface area contributed by atoms with Gasteiger partial charge in [-0.25, -0.2) is 0 Å². The first-order valence-electron chi connectivity index (χ1n) is 21.4. The van der Waals surface area contributed by atoms with Gasteiger partial charge in [0.2, 0.25) is 5.91 Å². The molecule has 348 valence electrons. The van der Waals surface area contributed by atoms with Crippen molar-refractivity contribution in [1.82, 2.24) is 19.6 Å². The fourth-order valence-electron chi connectivity index (χ4n) is 9.40.